The minimum atomic E-state index is -0.0908. The average molecular weight is 320 g/mol. The quantitative estimate of drug-likeness (QED) is 0.892. The number of hydrogen-bond donors (Lipinski definition) is 2. The Morgan fingerprint density at radius 3 is 2.82 bits per heavy atom. The van der Waals surface area contributed by atoms with Crippen LogP contribution in [-0.4, -0.2) is 39.2 Å². The van der Waals surface area contributed by atoms with E-state index >= 15 is 0 Å². The first-order valence-corrected chi connectivity index (χ1v) is 7.70. The number of carbonyl (C=O) groups is 1. The lowest BCUT2D eigenvalue weighted by Crippen LogP contribution is -2.40. The van der Waals surface area contributed by atoms with Crippen molar-refractivity contribution in [3.05, 3.63) is 40.9 Å². The number of carbonyl (C=O) groups excluding carboxylic acids is 1. The van der Waals surface area contributed by atoms with Crippen molar-refractivity contribution < 1.29 is 4.79 Å². The zero-order chi connectivity index (χ0) is 15.5. The van der Waals surface area contributed by atoms with Crippen molar-refractivity contribution in [3.8, 4) is 0 Å². The summed E-state index contributed by atoms with van der Waals surface area (Å²) in [5, 5.41) is 10.6. The van der Waals surface area contributed by atoms with Crippen LogP contribution in [0, 0.1) is 6.92 Å². The highest BCUT2D eigenvalue weighted by molar-refractivity contribution is 6.30. The number of amides is 2. The zero-order valence-corrected chi connectivity index (χ0v) is 13.1. The van der Waals surface area contributed by atoms with Gasteiger partial charge in [0.2, 0.25) is 0 Å². The Balaban J connectivity index is 1.55. The lowest BCUT2D eigenvalue weighted by Gasteiger charge is -2.30. The molecule has 1 aliphatic rings. The number of H-pyrrole nitrogens is 1. The van der Waals surface area contributed by atoms with Crippen LogP contribution in [0.3, 0.4) is 0 Å². The van der Waals surface area contributed by atoms with Gasteiger partial charge in [-0.25, -0.2) is 9.78 Å². The number of nitrogens with zero attached hydrogens (tertiary/aromatic N) is 3. The lowest BCUT2D eigenvalue weighted by molar-refractivity contribution is 0.193. The minimum Gasteiger partial charge on any atom is -0.324 e. The van der Waals surface area contributed by atoms with E-state index < -0.39 is 0 Å². The monoisotopic (exact) mass is 319 g/mol. The number of anilines is 1. The largest absolute Gasteiger partial charge is 0.324 e. The molecule has 2 N–H and O–H groups in total. The first kappa shape index (κ1) is 14.8. The number of aryl methyl sites for hydroxylation is 1. The number of likely N-dealkylation sites (tertiary alicyclic amines) is 1. The van der Waals surface area contributed by atoms with Crippen LogP contribution in [0.15, 0.2) is 24.3 Å². The maximum Gasteiger partial charge on any atom is 0.321 e. The smallest absolute Gasteiger partial charge is 0.321 e. The van der Waals surface area contributed by atoms with Crippen LogP contribution in [0.1, 0.15) is 30.4 Å². The van der Waals surface area contributed by atoms with E-state index in [9.17, 15) is 4.79 Å². The van der Waals surface area contributed by atoms with Crippen LogP contribution in [-0.2, 0) is 0 Å². The van der Waals surface area contributed by atoms with Gasteiger partial charge in [-0.2, -0.15) is 5.10 Å². The Kier molecular flexibility index (Phi) is 4.29. The maximum atomic E-state index is 12.3. The summed E-state index contributed by atoms with van der Waals surface area (Å²) in [5.41, 5.74) is 0.712. The van der Waals surface area contributed by atoms with Crippen LogP contribution in [0.2, 0.25) is 5.02 Å². The van der Waals surface area contributed by atoms with E-state index in [1.807, 2.05) is 24.0 Å². The van der Waals surface area contributed by atoms with Gasteiger partial charge in [0.15, 0.2) is 5.82 Å². The Hall–Kier alpha value is -2.08. The van der Waals surface area contributed by atoms with E-state index in [1.165, 1.54) is 0 Å². The number of hydrogen-bond acceptors (Lipinski definition) is 3. The second-order valence-corrected chi connectivity index (χ2v) is 5.92. The Morgan fingerprint density at radius 2 is 2.18 bits per heavy atom. The fourth-order valence-electron chi connectivity index (χ4n) is 2.65. The van der Waals surface area contributed by atoms with Crippen LogP contribution in [0.25, 0.3) is 0 Å². The van der Waals surface area contributed by atoms with Crippen molar-refractivity contribution in [2.75, 3.05) is 18.4 Å². The van der Waals surface area contributed by atoms with Gasteiger partial charge in [0.1, 0.15) is 5.82 Å². The Morgan fingerprint density at radius 1 is 1.41 bits per heavy atom. The molecule has 0 bridgehead atoms. The molecule has 2 aromatic rings. The van der Waals surface area contributed by atoms with Crippen LogP contribution >= 0.6 is 11.6 Å². The third-order valence-electron chi connectivity index (χ3n) is 3.84. The second kappa shape index (κ2) is 6.36. The number of benzene rings is 1. The molecule has 2 amide bonds. The van der Waals surface area contributed by atoms with Crippen molar-refractivity contribution in [1.29, 1.82) is 0 Å². The number of aromatic nitrogens is 3. The van der Waals surface area contributed by atoms with Crippen molar-refractivity contribution >= 4 is 23.3 Å². The molecule has 22 heavy (non-hydrogen) atoms. The molecule has 0 spiro atoms. The number of piperidine rings is 1. The van der Waals surface area contributed by atoms with Crippen molar-refractivity contribution in [2.24, 2.45) is 0 Å². The molecule has 6 nitrogen and oxygen atoms in total. The molecule has 0 unspecified atom stereocenters. The molecular formula is C15H18ClN5O. The SMILES string of the molecule is Cc1nc(C2CCN(C(=O)Nc3cccc(Cl)c3)CC2)n[nH]1. The van der Waals surface area contributed by atoms with Gasteiger partial charge in [-0.15, -0.1) is 0 Å². The number of urea groups is 1. The highest BCUT2D eigenvalue weighted by Crippen LogP contribution is 2.26. The highest BCUT2D eigenvalue weighted by atomic mass is 35.5. The summed E-state index contributed by atoms with van der Waals surface area (Å²) >= 11 is 5.92. The summed E-state index contributed by atoms with van der Waals surface area (Å²) in [4.78, 5) is 18.5. The molecule has 0 atom stereocenters. The topological polar surface area (TPSA) is 73.9 Å². The predicted octanol–water partition coefficient (Wildman–Crippen LogP) is 3.18. The maximum absolute atomic E-state index is 12.3. The first-order chi connectivity index (χ1) is 10.6. The molecule has 0 radical (unpaired) electrons. The highest BCUT2D eigenvalue weighted by Gasteiger charge is 2.26. The third kappa shape index (κ3) is 3.39. The lowest BCUT2D eigenvalue weighted by atomic mass is 9.96. The standard InChI is InChI=1S/C15H18ClN5O/c1-10-17-14(20-19-10)11-5-7-21(8-6-11)15(22)18-13-4-2-3-12(16)9-13/h2-4,9,11H,5-8H2,1H3,(H,18,22)(H,17,19,20). The van der Waals surface area contributed by atoms with Gasteiger partial charge >= 0.3 is 6.03 Å². The Labute approximate surface area is 133 Å². The van der Waals surface area contributed by atoms with E-state index in [-0.39, 0.29) is 6.03 Å². The molecule has 0 aliphatic carbocycles. The van der Waals surface area contributed by atoms with E-state index in [0.717, 1.165) is 24.5 Å². The minimum absolute atomic E-state index is 0.0908. The number of aromatic amines is 1. The van der Waals surface area contributed by atoms with Crippen molar-refractivity contribution in [3.63, 3.8) is 0 Å². The molecule has 1 saturated heterocycles. The molecule has 1 aromatic carbocycles. The van der Waals surface area contributed by atoms with Gasteiger partial charge in [-0.3, -0.25) is 5.10 Å². The van der Waals surface area contributed by atoms with Gasteiger partial charge in [0, 0.05) is 29.7 Å². The van der Waals surface area contributed by atoms with E-state index in [0.29, 0.717) is 29.7 Å². The van der Waals surface area contributed by atoms with Gasteiger partial charge < -0.3 is 10.2 Å². The van der Waals surface area contributed by atoms with Gasteiger partial charge in [-0.05, 0) is 38.0 Å². The summed E-state index contributed by atoms with van der Waals surface area (Å²) in [6.45, 7) is 3.29. The van der Waals surface area contributed by atoms with Crippen LogP contribution < -0.4 is 5.32 Å². The number of halogens is 1. The van der Waals surface area contributed by atoms with Crippen LogP contribution in [0.4, 0.5) is 10.5 Å². The average Bonchev–Trinajstić information content (AvgIpc) is 2.94. The van der Waals surface area contributed by atoms with Crippen molar-refractivity contribution in [2.45, 2.75) is 25.7 Å². The van der Waals surface area contributed by atoms with Gasteiger partial charge in [0.25, 0.3) is 0 Å². The molecule has 1 aliphatic heterocycles. The summed E-state index contributed by atoms with van der Waals surface area (Å²) in [6, 6.07) is 7.07. The fourth-order valence-corrected chi connectivity index (χ4v) is 2.84. The summed E-state index contributed by atoms with van der Waals surface area (Å²) in [6.07, 6.45) is 1.75. The normalized spacial score (nSPS) is 15.8. The molecule has 0 saturated carbocycles. The molecule has 2 heterocycles. The van der Waals surface area contributed by atoms with E-state index in [1.54, 1.807) is 12.1 Å². The molecule has 116 valence electrons. The predicted molar refractivity (Wildman–Crippen MR) is 85.1 cm³/mol. The second-order valence-electron chi connectivity index (χ2n) is 5.48. The van der Waals surface area contributed by atoms with E-state index in [2.05, 4.69) is 20.5 Å². The molecule has 1 aromatic heterocycles. The molecular weight excluding hydrogens is 302 g/mol. The van der Waals surface area contributed by atoms with Gasteiger partial charge in [-0.1, -0.05) is 17.7 Å². The van der Waals surface area contributed by atoms with Crippen LogP contribution in [0.5, 0.6) is 0 Å². The molecule has 3 rings (SSSR count). The zero-order valence-electron chi connectivity index (χ0n) is 12.3. The first-order valence-electron chi connectivity index (χ1n) is 7.32. The summed E-state index contributed by atoms with van der Waals surface area (Å²) in [7, 11) is 0. The number of nitrogens with one attached hydrogen (secondary N) is 2. The third-order valence-corrected chi connectivity index (χ3v) is 4.07. The summed E-state index contributed by atoms with van der Waals surface area (Å²) < 4.78 is 0. The Bertz CT molecular complexity index is 663. The summed E-state index contributed by atoms with van der Waals surface area (Å²) in [5.74, 6) is 2.00. The number of rotatable bonds is 2. The van der Waals surface area contributed by atoms with E-state index in [4.69, 9.17) is 11.6 Å². The fraction of sp³-hybridized carbons (Fsp3) is 0.400. The van der Waals surface area contributed by atoms with Gasteiger partial charge in [0.05, 0.1) is 0 Å². The molecule has 7 heteroatoms. The molecule has 1 fully saturated rings. The van der Waals surface area contributed by atoms with Crippen molar-refractivity contribution in [1.82, 2.24) is 20.1 Å².